The SMILES string of the molecule is COc1ccc(-c2[nH]c3ccc(C4CCNCC4)nc3c2C)cc1OC. The lowest BCUT2D eigenvalue weighted by atomic mass is 9.94. The maximum Gasteiger partial charge on any atom is 0.161 e. The molecule has 1 aliphatic heterocycles. The molecule has 1 fully saturated rings. The molecule has 1 saturated heterocycles. The molecule has 0 unspecified atom stereocenters. The third-order valence-electron chi connectivity index (χ3n) is 5.34. The van der Waals surface area contributed by atoms with E-state index >= 15 is 0 Å². The van der Waals surface area contributed by atoms with Crippen molar-refractivity contribution < 1.29 is 9.47 Å². The molecule has 3 heterocycles. The molecule has 0 bridgehead atoms. The van der Waals surface area contributed by atoms with Crippen molar-refractivity contribution in [1.29, 1.82) is 0 Å². The van der Waals surface area contributed by atoms with Crippen molar-refractivity contribution in [3.63, 3.8) is 0 Å². The minimum absolute atomic E-state index is 0.555. The fourth-order valence-corrected chi connectivity index (χ4v) is 3.83. The molecular formula is C21H25N3O2. The number of piperidine rings is 1. The highest BCUT2D eigenvalue weighted by Gasteiger charge is 2.19. The van der Waals surface area contributed by atoms with Crippen LogP contribution < -0.4 is 14.8 Å². The zero-order valence-electron chi connectivity index (χ0n) is 15.6. The van der Waals surface area contributed by atoms with Gasteiger partial charge in [-0.3, -0.25) is 4.98 Å². The van der Waals surface area contributed by atoms with Crippen molar-refractivity contribution in [2.24, 2.45) is 0 Å². The number of nitrogens with zero attached hydrogens (tertiary/aromatic N) is 1. The normalized spacial score (nSPS) is 15.3. The molecule has 5 nitrogen and oxygen atoms in total. The van der Waals surface area contributed by atoms with Crippen molar-refractivity contribution >= 4 is 11.0 Å². The average molecular weight is 351 g/mol. The first-order valence-corrected chi connectivity index (χ1v) is 9.13. The molecule has 3 aromatic rings. The Morgan fingerprint density at radius 2 is 1.77 bits per heavy atom. The lowest BCUT2D eigenvalue weighted by molar-refractivity contribution is 0.355. The number of aromatic amines is 1. The number of hydrogen-bond donors (Lipinski definition) is 2. The summed E-state index contributed by atoms with van der Waals surface area (Å²) in [5.74, 6) is 2.02. The summed E-state index contributed by atoms with van der Waals surface area (Å²) >= 11 is 0. The van der Waals surface area contributed by atoms with Crippen LogP contribution >= 0.6 is 0 Å². The maximum atomic E-state index is 5.45. The number of aromatic nitrogens is 2. The maximum absolute atomic E-state index is 5.45. The molecule has 1 aromatic carbocycles. The number of ether oxygens (including phenoxy) is 2. The number of methoxy groups -OCH3 is 2. The number of pyridine rings is 1. The van der Waals surface area contributed by atoms with Gasteiger partial charge in [-0.05, 0) is 63.2 Å². The molecule has 0 atom stereocenters. The van der Waals surface area contributed by atoms with Gasteiger partial charge in [0.25, 0.3) is 0 Å². The second-order valence-electron chi connectivity index (χ2n) is 6.85. The second-order valence-corrected chi connectivity index (χ2v) is 6.85. The van der Waals surface area contributed by atoms with E-state index in [1.54, 1.807) is 14.2 Å². The molecule has 26 heavy (non-hydrogen) atoms. The molecule has 0 saturated carbocycles. The zero-order valence-corrected chi connectivity index (χ0v) is 15.6. The number of aryl methyl sites for hydroxylation is 1. The first-order valence-electron chi connectivity index (χ1n) is 9.13. The van der Waals surface area contributed by atoms with Gasteiger partial charge in [-0.25, -0.2) is 0 Å². The molecule has 5 heteroatoms. The average Bonchev–Trinajstić information content (AvgIpc) is 3.04. The van der Waals surface area contributed by atoms with Crippen LogP contribution in [0, 0.1) is 6.92 Å². The van der Waals surface area contributed by atoms with E-state index in [0.29, 0.717) is 5.92 Å². The molecule has 136 valence electrons. The Balaban J connectivity index is 1.76. The summed E-state index contributed by atoms with van der Waals surface area (Å²) in [6, 6.07) is 10.3. The molecule has 1 aliphatic rings. The fourth-order valence-electron chi connectivity index (χ4n) is 3.83. The zero-order chi connectivity index (χ0) is 18.1. The third-order valence-corrected chi connectivity index (χ3v) is 5.34. The van der Waals surface area contributed by atoms with E-state index in [-0.39, 0.29) is 0 Å². The Hall–Kier alpha value is -2.53. The minimum atomic E-state index is 0.555. The monoisotopic (exact) mass is 351 g/mol. The van der Waals surface area contributed by atoms with E-state index in [4.69, 9.17) is 14.5 Å². The highest BCUT2D eigenvalue weighted by molar-refractivity contribution is 5.88. The largest absolute Gasteiger partial charge is 0.493 e. The van der Waals surface area contributed by atoms with Gasteiger partial charge >= 0.3 is 0 Å². The Morgan fingerprint density at radius 1 is 1.00 bits per heavy atom. The van der Waals surface area contributed by atoms with Crippen LogP contribution in [0.4, 0.5) is 0 Å². The van der Waals surface area contributed by atoms with E-state index < -0.39 is 0 Å². The van der Waals surface area contributed by atoms with Crippen LogP contribution in [0.3, 0.4) is 0 Å². The fraction of sp³-hybridized carbons (Fsp3) is 0.381. The lowest BCUT2D eigenvalue weighted by Gasteiger charge is -2.22. The van der Waals surface area contributed by atoms with Crippen molar-refractivity contribution in [3.05, 3.63) is 41.6 Å². The van der Waals surface area contributed by atoms with Crippen LogP contribution in [0.15, 0.2) is 30.3 Å². The summed E-state index contributed by atoms with van der Waals surface area (Å²) < 4.78 is 10.8. The predicted molar refractivity (Wildman–Crippen MR) is 104 cm³/mol. The van der Waals surface area contributed by atoms with Crippen LogP contribution in [0.25, 0.3) is 22.3 Å². The van der Waals surface area contributed by atoms with Gasteiger partial charge in [-0.2, -0.15) is 0 Å². The van der Waals surface area contributed by atoms with E-state index in [1.807, 2.05) is 18.2 Å². The van der Waals surface area contributed by atoms with Gasteiger partial charge in [0.2, 0.25) is 0 Å². The van der Waals surface area contributed by atoms with E-state index in [2.05, 4.69) is 29.4 Å². The van der Waals surface area contributed by atoms with Crippen LogP contribution in [0.1, 0.15) is 30.0 Å². The van der Waals surface area contributed by atoms with Gasteiger partial charge in [-0.1, -0.05) is 0 Å². The van der Waals surface area contributed by atoms with Crippen molar-refractivity contribution in [2.75, 3.05) is 27.3 Å². The number of benzene rings is 1. The number of rotatable bonds is 4. The number of H-pyrrole nitrogens is 1. The second kappa shape index (κ2) is 7.00. The Labute approximate surface area is 153 Å². The molecule has 0 amide bonds. The third kappa shape index (κ3) is 2.92. The summed E-state index contributed by atoms with van der Waals surface area (Å²) in [5.41, 5.74) is 6.66. The van der Waals surface area contributed by atoms with Gasteiger partial charge in [0.1, 0.15) is 0 Å². The van der Waals surface area contributed by atoms with Gasteiger partial charge in [0.05, 0.1) is 30.9 Å². The molecule has 0 radical (unpaired) electrons. The Kier molecular flexibility index (Phi) is 4.55. The van der Waals surface area contributed by atoms with Gasteiger partial charge < -0.3 is 19.8 Å². The summed E-state index contributed by atoms with van der Waals surface area (Å²) in [4.78, 5) is 8.53. The first kappa shape index (κ1) is 16.9. The summed E-state index contributed by atoms with van der Waals surface area (Å²) in [6.45, 7) is 4.28. The summed E-state index contributed by atoms with van der Waals surface area (Å²) in [5, 5.41) is 3.42. The topological polar surface area (TPSA) is 59.2 Å². The number of hydrogen-bond acceptors (Lipinski definition) is 4. The number of nitrogens with one attached hydrogen (secondary N) is 2. The van der Waals surface area contributed by atoms with E-state index in [1.165, 1.54) is 11.3 Å². The van der Waals surface area contributed by atoms with Crippen LogP contribution in [-0.2, 0) is 0 Å². The highest BCUT2D eigenvalue weighted by Crippen LogP contribution is 2.36. The van der Waals surface area contributed by atoms with Crippen LogP contribution in [-0.4, -0.2) is 37.3 Å². The van der Waals surface area contributed by atoms with Gasteiger partial charge in [0, 0.05) is 22.7 Å². The standard InChI is InChI=1S/C21H25N3O2/c1-13-20(15-4-7-18(25-2)19(12-15)26-3)24-17-6-5-16(23-21(13)17)14-8-10-22-11-9-14/h4-7,12,14,22,24H,8-11H2,1-3H3. The van der Waals surface area contributed by atoms with Crippen molar-refractivity contribution in [2.45, 2.75) is 25.7 Å². The molecule has 0 aliphatic carbocycles. The Bertz CT molecular complexity index is 926. The summed E-state index contributed by atoms with van der Waals surface area (Å²) in [6.07, 6.45) is 2.31. The van der Waals surface area contributed by atoms with E-state index in [9.17, 15) is 0 Å². The quantitative estimate of drug-likeness (QED) is 0.745. The van der Waals surface area contributed by atoms with Crippen LogP contribution in [0.5, 0.6) is 11.5 Å². The van der Waals surface area contributed by atoms with Gasteiger partial charge in [-0.15, -0.1) is 0 Å². The van der Waals surface area contributed by atoms with Crippen LogP contribution in [0.2, 0.25) is 0 Å². The Morgan fingerprint density at radius 3 is 2.50 bits per heavy atom. The van der Waals surface area contributed by atoms with Crippen molar-refractivity contribution in [1.82, 2.24) is 15.3 Å². The lowest BCUT2D eigenvalue weighted by Crippen LogP contribution is -2.27. The minimum Gasteiger partial charge on any atom is -0.493 e. The first-order chi connectivity index (χ1) is 12.7. The molecule has 4 rings (SSSR count). The number of fused-ring (bicyclic) bond motifs is 1. The smallest absolute Gasteiger partial charge is 0.161 e. The summed E-state index contributed by atoms with van der Waals surface area (Å²) in [7, 11) is 3.31. The van der Waals surface area contributed by atoms with Gasteiger partial charge in [0.15, 0.2) is 11.5 Å². The molecular weight excluding hydrogens is 326 g/mol. The molecule has 2 aromatic heterocycles. The predicted octanol–water partition coefficient (Wildman–Crippen LogP) is 4.02. The van der Waals surface area contributed by atoms with Crippen molar-refractivity contribution in [3.8, 4) is 22.8 Å². The van der Waals surface area contributed by atoms with E-state index in [0.717, 1.165) is 59.7 Å². The molecule has 2 N–H and O–H groups in total. The molecule has 0 spiro atoms. The highest BCUT2D eigenvalue weighted by atomic mass is 16.5.